The maximum atomic E-state index is 2.43. The Kier molecular flexibility index (Phi) is 4.20. The van der Waals surface area contributed by atoms with Crippen LogP contribution in [0.15, 0.2) is 84.9 Å². The van der Waals surface area contributed by atoms with Crippen molar-refractivity contribution in [3.05, 3.63) is 84.9 Å². The Bertz CT molecular complexity index is 1280. The molecule has 0 spiro atoms. The molecule has 0 aliphatic heterocycles. The van der Waals surface area contributed by atoms with Crippen molar-refractivity contribution in [1.29, 1.82) is 0 Å². The van der Waals surface area contributed by atoms with Crippen LogP contribution >= 0.6 is 0 Å². The summed E-state index contributed by atoms with van der Waals surface area (Å²) in [6.45, 7) is 5.20. The molecular weight excluding hydrogens is 337 g/mol. The number of nitrogens with zero attached hydrogens (tertiary/aromatic N) is 1. The molecular formula is C26H24BN. The summed E-state index contributed by atoms with van der Waals surface area (Å²) in [7, 11) is 0. The van der Waals surface area contributed by atoms with Crippen molar-refractivity contribution < 1.29 is 0 Å². The Balaban J connectivity index is 1.92. The predicted octanol–water partition coefficient (Wildman–Crippen LogP) is 6.68. The van der Waals surface area contributed by atoms with Gasteiger partial charge in [0.15, 0.2) is 6.71 Å². The maximum Gasteiger partial charge on any atom is 0.172 e. The van der Waals surface area contributed by atoms with E-state index >= 15 is 0 Å². The van der Waals surface area contributed by atoms with Crippen molar-refractivity contribution in [3.63, 3.8) is 0 Å². The van der Waals surface area contributed by atoms with E-state index in [1.54, 1.807) is 0 Å². The fourth-order valence-corrected chi connectivity index (χ4v) is 4.57. The average Bonchev–Trinajstić information content (AvgIpc) is 3.08. The molecule has 0 radical (unpaired) electrons. The second-order valence-corrected chi connectivity index (χ2v) is 7.82. The Morgan fingerprint density at radius 3 is 2.32 bits per heavy atom. The molecule has 5 aromatic rings. The molecule has 4 aromatic carbocycles. The highest BCUT2D eigenvalue weighted by atomic mass is 15.0. The third-order valence-corrected chi connectivity index (χ3v) is 5.98. The predicted molar refractivity (Wildman–Crippen MR) is 125 cm³/mol. The Morgan fingerprint density at radius 2 is 1.50 bits per heavy atom. The first-order valence-electron chi connectivity index (χ1n) is 10.3. The van der Waals surface area contributed by atoms with E-state index in [1.165, 1.54) is 56.5 Å². The van der Waals surface area contributed by atoms with Crippen LogP contribution in [-0.4, -0.2) is 11.3 Å². The lowest BCUT2D eigenvalue weighted by Gasteiger charge is -2.09. The molecule has 0 N–H and O–H groups in total. The van der Waals surface area contributed by atoms with Crippen LogP contribution in [-0.2, 0) is 0 Å². The highest BCUT2D eigenvalue weighted by Gasteiger charge is 2.17. The molecule has 1 aromatic heterocycles. The summed E-state index contributed by atoms with van der Waals surface area (Å²) < 4.78 is 2.41. The fourth-order valence-electron chi connectivity index (χ4n) is 4.57. The summed E-state index contributed by atoms with van der Waals surface area (Å²) in [5.41, 5.74) is 5.21. The summed E-state index contributed by atoms with van der Waals surface area (Å²) in [6.07, 6.45) is 2.44. The van der Waals surface area contributed by atoms with Gasteiger partial charge in [-0.1, -0.05) is 92.6 Å². The summed E-state index contributed by atoms with van der Waals surface area (Å²) >= 11 is 0. The van der Waals surface area contributed by atoms with Gasteiger partial charge in [-0.05, 0) is 35.0 Å². The number of hydrogen-bond acceptors (Lipinski definition) is 0. The standard InChI is InChI=1S/C26H24BN/c1-3-17-27(2)20-14-16-24-23(18-20)26-22-12-8-7-9-19(22)13-15-25(26)28(24)21-10-5-4-6-11-21/h4-16,18H,3,17H2,1-2H3. The highest BCUT2D eigenvalue weighted by Crippen LogP contribution is 2.36. The largest absolute Gasteiger partial charge is 0.309 e. The molecule has 0 aliphatic rings. The first-order valence-corrected chi connectivity index (χ1v) is 10.3. The third-order valence-electron chi connectivity index (χ3n) is 5.98. The van der Waals surface area contributed by atoms with Crippen LogP contribution in [0.3, 0.4) is 0 Å². The van der Waals surface area contributed by atoms with E-state index in [2.05, 4.69) is 103 Å². The molecule has 0 atom stereocenters. The van der Waals surface area contributed by atoms with Crippen LogP contribution in [0, 0.1) is 0 Å². The molecule has 0 amide bonds. The average molecular weight is 361 g/mol. The van der Waals surface area contributed by atoms with Gasteiger partial charge in [-0.25, -0.2) is 0 Å². The van der Waals surface area contributed by atoms with Crippen molar-refractivity contribution in [3.8, 4) is 5.69 Å². The number of para-hydroxylation sites is 1. The smallest absolute Gasteiger partial charge is 0.172 e. The van der Waals surface area contributed by atoms with Gasteiger partial charge >= 0.3 is 0 Å². The van der Waals surface area contributed by atoms with Gasteiger partial charge in [0.25, 0.3) is 0 Å². The lowest BCUT2D eigenvalue weighted by molar-refractivity contribution is 1.07. The normalized spacial score (nSPS) is 11.5. The van der Waals surface area contributed by atoms with E-state index in [4.69, 9.17) is 0 Å². The van der Waals surface area contributed by atoms with Crippen molar-refractivity contribution in [2.75, 3.05) is 0 Å². The van der Waals surface area contributed by atoms with Crippen LogP contribution in [0.1, 0.15) is 13.3 Å². The minimum absolute atomic E-state index is 0.583. The molecule has 0 fully saturated rings. The molecule has 0 saturated carbocycles. The molecule has 1 nitrogen and oxygen atoms in total. The van der Waals surface area contributed by atoms with Gasteiger partial charge in [-0.15, -0.1) is 0 Å². The molecule has 2 heteroatoms. The quantitative estimate of drug-likeness (QED) is 0.315. The molecule has 5 rings (SSSR count). The minimum Gasteiger partial charge on any atom is -0.309 e. The van der Waals surface area contributed by atoms with Crippen LogP contribution in [0.25, 0.3) is 38.3 Å². The van der Waals surface area contributed by atoms with E-state index in [0.29, 0.717) is 6.71 Å². The lowest BCUT2D eigenvalue weighted by Crippen LogP contribution is -2.25. The highest BCUT2D eigenvalue weighted by molar-refractivity contribution is 6.72. The SMILES string of the molecule is CCCB(C)c1ccc2c(c1)c1c3ccccc3ccc1n2-c1ccccc1. The Labute approximate surface area is 166 Å². The van der Waals surface area contributed by atoms with Gasteiger partial charge < -0.3 is 4.57 Å². The van der Waals surface area contributed by atoms with Gasteiger partial charge in [-0.3, -0.25) is 0 Å². The van der Waals surface area contributed by atoms with Crippen molar-refractivity contribution in [2.24, 2.45) is 0 Å². The Morgan fingerprint density at radius 1 is 0.750 bits per heavy atom. The van der Waals surface area contributed by atoms with Gasteiger partial charge in [0.2, 0.25) is 0 Å². The van der Waals surface area contributed by atoms with Gasteiger partial charge in [0.1, 0.15) is 0 Å². The van der Waals surface area contributed by atoms with Crippen LogP contribution < -0.4 is 5.46 Å². The number of rotatable bonds is 4. The van der Waals surface area contributed by atoms with Crippen LogP contribution in [0.4, 0.5) is 0 Å². The van der Waals surface area contributed by atoms with Gasteiger partial charge in [0, 0.05) is 16.5 Å². The third kappa shape index (κ3) is 2.64. The first-order chi connectivity index (χ1) is 13.8. The number of fused-ring (bicyclic) bond motifs is 5. The summed E-state index contributed by atoms with van der Waals surface area (Å²) in [4.78, 5) is 0. The zero-order chi connectivity index (χ0) is 19.1. The monoisotopic (exact) mass is 361 g/mol. The van der Waals surface area contributed by atoms with E-state index in [0.717, 1.165) is 0 Å². The summed E-state index contributed by atoms with van der Waals surface area (Å²) in [6, 6.07) is 31.1. The fraction of sp³-hybridized carbons (Fsp3) is 0.154. The molecule has 0 bridgehead atoms. The lowest BCUT2D eigenvalue weighted by atomic mass is 9.44. The number of aromatic nitrogens is 1. The number of hydrogen-bond donors (Lipinski definition) is 0. The summed E-state index contributed by atoms with van der Waals surface area (Å²) in [5.74, 6) is 0. The number of benzene rings is 4. The minimum atomic E-state index is 0.583. The second-order valence-electron chi connectivity index (χ2n) is 7.82. The topological polar surface area (TPSA) is 4.93 Å². The molecule has 0 unspecified atom stereocenters. The van der Waals surface area contributed by atoms with E-state index < -0.39 is 0 Å². The summed E-state index contributed by atoms with van der Waals surface area (Å²) in [5, 5.41) is 5.35. The first kappa shape index (κ1) is 17.1. The molecule has 0 aliphatic carbocycles. The van der Waals surface area contributed by atoms with E-state index in [9.17, 15) is 0 Å². The van der Waals surface area contributed by atoms with Gasteiger partial charge in [-0.2, -0.15) is 0 Å². The van der Waals surface area contributed by atoms with Crippen molar-refractivity contribution in [1.82, 2.24) is 4.57 Å². The zero-order valence-corrected chi connectivity index (χ0v) is 16.5. The van der Waals surface area contributed by atoms with Crippen molar-refractivity contribution in [2.45, 2.75) is 26.5 Å². The van der Waals surface area contributed by atoms with Crippen LogP contribution in [0.2, 0.25) is 13.1 Å². The van der Waals surface area contributed by atoms with Crippen molar-refractivity contribution >= 4 is 44.8 Å². The van der Waals surface area contributed by atoms with Crippen LogP contribution in [0.5, 0.6) is 0 Å². The molecule has 28 heavy (non-hydrogen) atoms. The van der Waals surface area contributed by atoms with E-state index in [-0.39, 0.29) is 0 Å². The van der Waals surface area contributed by atoms with E-state index in [1.807, 2.05) is 0 Å². The zero-order valence-electron chi connectivity index (χ0n) is 16.5. The molecule has 1 heterocycles. The van der Waals surface area contributed by atoms with Gasteiger partial charge in [0.05, 0.1) is 11.0 Å². The Hall–Kier alpha value is -3.00. The molecule has 136 valence electrons. The molecule has 0 saturated heterocycles. The maximum absolute atomic E-state index is 2.43. The second kappa shape index (κ2) is 6.87.